The van der Waals surface area contributed by atoms with Crippen LogP contribution >= 0.6 is 23.4 Å². The largest absolute Gasteiger partial charge is 0.325 e. The molecule has 2 atom stereocenters. The first-order valence-electron chi connectivity index (χ1n) is 10.2. The minimum atomic E-state index is -0.461. The SMILES string of the molecule is Cc1ccc(C2Nn3c(nnc3-c3ccccc3)SC2C(=O)Nc2cccc(Cl)c2)cc1. The number of hydrogen-bond acceptors (Lipinski definition) is 5. The van der Waals surface area contributed by atoms with Crippen molar-refractivity contribution in [2.24, 2.45) is 0 Å². The van der Waals surface area contributed by atoms with E-state index in [0.717, 1.165) is 16.7 Å². The number of nitrogens with zero attached hydrogens (tertiary/aromatic N) is 3. The van der Waals surface area contributed by atoms with Crippen LogP contribution in [0.4, 0.5) is 5.69 Å². The Labute approximate surface area is 195 Å². The van der Waals surface area contributed by atoms with Crippen molar-refractivity contribution in [3.63, 3.8) is 0 Å². The van der Waals surface area contributed by atoms with Gasteiger partial charge in [-0.25, -0.2) is 4.68 Å². The maximum Gasteiger partial charge on any atom is 0.240 e. The molecule has 4 aromatic rings. The molecule has 160 valence electrons. The van der Waals surface area contributed by atoms with Crippen molar-refractivity contribution < 1.29 is 4.79 Å². The van der Waals surface area contributed by atoms with Crippen molar-refractivity contribution in [3.05, 3.63) is 95.0 Å². The number of fused-ring (bicyclic) bond motifs is 1. The third kappa shape index (κ3) is 4.09. The maximum atomic E-state index is 13.3. The number of aryl methyl sites for hydroxylation is 1. The normalized spacial score (nSPS) is 17.3. The van der Waals surface area contributed by atoms with Gasteiger partial charge in [0.15, 0.2) is 5.82 Å². The maximum absolute atomic E-state index is 13.3. The van der Waals surface area contributed by atoms with Crippen molar-refractivity contribution >= 4 is 35.0 Å². The van der Waals surface area contributed by atoms with Crippen molar-refractivity contribution in [1.29, 1.82) is 0 Å². The molecule has 8 heteroatoms. The van der Waals surface area contributed by atoms with E-state index in [4.69, 9.17) is 11.6 Å². The predicted molar refractivity (Wildman–Crippen MR) is 128 cm³/mol. The molecule has 2 unspecified atom stereocenters. The standard InChI is InChI=1S/C24H20ClN5OS/c1-15-10-12-16(13-11-15)20-21(23(31)26-19-9-5-8-18(25)14-19)32-24-28-27-22(30(24)29-20)17-6-3-2-4-7-17/h2-14,20-21,29H,1H3,(H,26,31). The summed E-state index contributed by atoms with van der Waals surface area (Å²) in [5.41, 5.74) is 7.26. The first-order valence-corrected chi connectivity index (χ1v) is 11.4. The quantitative estimate of drug-likeness (QED) is 0.431. The fourth-order valence-electron chi connectivity index (χ4n) is 3.63. The molecule has 1 aliphatic heterocycles. The number of carbonyl (C=O) groups excluding carboxylic acids is 1. The lowest BCUT2D eigenvalue weighted by Crippen LogP contribution is -2.41. The Bertz CT molecular complexity index is 1260. The van der Waals surface area contributed by atoms with Gasteiger partial charge in [0.2, 0.25) is 11.1 Å². The smallest absolute Gasteiger partial charge is 0.240 e. The summed E-state index contributed by atoms with van der Waals surface area (Å²) in [5.74, 6) is 0.574. The second kappa shape index (κ2) is 8.68. The topological polar surface area (TPSA) is 71.8 Å². The molecule has 1 aromatic heterocycles. The highest BCUT2D eigenvalue weighted by Crippen LogP contribution is 2.39. The number of amides is 1. The molecule has 6 nitrogen and oxygen atoms in total. The van der Waals surface area contributed by atoms with Gasteiger partial charge in [-0.1, -0.05) is 89.6 Å². The minimum Gasteiger partial charge on any atom is -0.325 e. The molecule has 2 N–H and O–H groups in total. The molecule has 1 aliphatic rings. The van der Waals surface area contributed by atoms with Gasteiger partial charge in [0.1, 0.15) is 5.25 Å². The molecule has 3 aromatic carbocycles. The van der Waals surface area contributed by atoms with E-state index in [1.165, 1.54) is 11.8 Å². The number of thioether (sulfide) groups is 1. The third-order valence-electron chi connectivity index (χ3n) is 5.26. The Morgan fingerprint density at radius 1 is 1.03 bits per heavy atom. The summed E-state index contributed by atoms with van der Waals surface area (Å²) in [7, 11) is 0. The Morgan fingerprint density at radius 2 is 1.81 bits per heavy atom. The van der Waals surface area contributed by atoms with Gasteiger partial charge in [-0.2, -0.15) is 0 Å². The van der Waals surface area contributed by atoms with E-state index in [1.807, 2.05) is 78.3 Å². The first kappa shape index (κ1) is 20.6. The molecule has 0 radical (unpaired) electrons. The van der Waals surface area contributed by atoms with Gasteiger partial charge in [0.25, 0.3) is 0 Å². The average molecular weight is 462 g/mol. The van der Waals surface area contributed by atoms with Crippen LogP contribution in [0.15, 0.2) is 84.0 Å². The molecular weight excluding hydrogens is 442 g/mol. The number of anilines is 1. The highest BCUT2D eigenvalue weighted by atomic mass is 35.5. The number of hydrogen-bond donors (Lipinski definition) is 2. The fourth-order valence-corrected chi connectivity index (χ4v) is 4.90. The average Bonchev–Trinajstić information content (AvgIpc) is 3.22. The number of nitrogens with one attached hydrogen (secondary N) is 2. The summed E-state index contributed by atoms with van der Waals surface area (Å²) >= 11 is 7.48. The summed E-state index contributed by atoms with van der Waals surface area (Å²) in [4.78, 5) is 13.3. The van der Waals surface area contributed by atoms with Crippen LogP contribution in [0.1, 0.15) is 17.2 Å². The number of aromatic nitrogens is 3. The van der Waals surface area contributed by atoms with E-state index in [-0.39, 0.29) is 11.9 Å². The Morgan fingerprint density at radius 3 is 2.56 bits per heavy atom. The molecular formula is C24H20ClN5OS. The van der Waals surface area contributed by atoms with Crippen LogP contribution in [-0.4, -0.2) is 26.0 Å². The zero-order chi connectivity index (χ0) is 22.1. The lowest BCUT2D eigenvalue weighted by Gasteiger charge is -2.33. The number of carbonyl (C=O) groups is 1. The van der Waals surface area contributed by atoms with Gasteiger partial charge in [0.05, 0.1) is 6.04 Å². The summed E-state index contributed by atoms with van der Waals surface area (Å²) < 4.78 is 1.87. The number of benzene rings is 3. The van der Waals surface area contributed by atoms with E-state index >= 15 is 0 Å². The van der Waals surface area contributed by atoms with Crippen molar-refractivity contribution in [1.82, 2.24) is 14.9 Å². The number of halogens is 1. The predicted octanol–water partition coefficient (Wildman–Crippen LogP) is 5.30. The van der Waals surface area contributed by atoms with Gasteiger partial charge >= 0.3 is 0 Å². The van der Waals surface area contributed by atoms with Gasteiger partial charge in [-0.3, -0.25) is 4.79 Å². The van der Waals surface area contributed by atoms with Crippen LogP contribution in [0.2, 0.25) is 5.02 Å². The van der Waals surface area contributed by atoms with Gasteiger partial charge < -0.3 is 10.7 Å². The second-order valence-corrected chi connectivity index (χ2v) is 9.11. The minimum absolute atomic E-state index is 0.133. The molecule has 32 heavy (non-hydrogen) atoms. The van der Waals surface area contributed by atoms with Crippen LogP contribution in [0.25, 0.3) is 11.4 Å². The molecule has 5 rings (SSSR count). The highest BCUT2D eigenvalue weighted by molar-refractivity contribution is 8.00. The van der Waals surface area contributed by atoms with Gasteiger partial charge in [0, 0.05) is 16.3 Å². The molecule has 0 bridgehead atoms. The van der Waals surface area contributed by atoms with Crippen LogP contribution < -0.4 is 10.7 Å². The zero-order valence-electron chi connectivity index (χ0n) is 17.2. The van der Waals surface area contributed by atoms with Crippen molar-refractivity contribution in [3.8, 4) is 11.4 Å². The van der Waals surface area contributed by atoms with E-state index < -0.39 is 5.25 Å². The summed E-state index contributed by atoms with van der Waals surface area (Å²) in [6.07, 6.45) is 0. The van der Waals surface area contributed by atoms with E-state index in [1.54, 1.807) is 12.1 Å². The van der Waals surface area contributed by atoms with Gasteiger partial charge in [-0.15, -0.1) is 10.2 Å². The van der Waals surface area contributed by atoms with Crippen molar-refractivity contribution in [2.45, 2.75) is 23.4 Å². The molecule has 2 heterocycles. The molecule has 1 amide bonds. The fraction of sp³-hybridized carbons (Fsp3) is 0.125. The zero-order valence-corrected chi connectivity index (χ0v) is 18.8. The van der Waals surface area contributed by atoms with E-state index in [2.05, 4.69) is 20.9 Å². The molecule has 0 fully saturated rings. The Kier molecular flexibility index (Phi) is 5.59. The van der Waals surface area contributed by atoms with Crippen LogP contribution in [0.5, 0.6) is 0 Å². The summed E-state index contributed by atoms with van der Waals surface area (Å²) in [6.45, 7) is 2.04. The lowest BCUT2D eigenvalue weighted by molar-refractivity contribution is -0.116. The Hall–Kier alpha value is -3.29. The summed E-state index contributed by atoms with van der Waals surface area (Å²) in [6, 6.07) is 24.9. The van der Waals surface area contributed by atoms with E-state index in [9.17, 15) is 4.79 Å². The monoisotopic (exact) mass is 461 g/mol. The highest BCUT2D eigenvalue weighted by Gasteiger charge is 2.38. The van der Waals surface area contributed by atoms with Crippen LogP contribution in [0.3, 0.4) is 0 Å². The van der Waals surface area contributed by atoms with Crippen LogP contribution in [0, 0.1) is 6.92 Å². The van der Waals surface area contributed by atoms with Crippen molar-refractivity contribution in [2.75, 3.05) is 10.7 Å². The van der Waals surface area contributed by atoms with Crippen LogP contribution in [-0.2, 0) is 4.79 Å². The summed E-state index contributed by atoms with van der Waals surface area (Å²) in [5, 5.41) is 12.5. The molecule has 0 aliphatic carbocycles. The third-order valence-corrected chi connectivity index (χ3v) is 6.71. The van der Waals surface area contributed by atoms with E-state index in [0.29, 0.717) is 21.7 Å². The lowest BCUT2D eigenvalue weighted by atomic mass is 10.0. The number of rotatable bonds is 4. The molecule has 0 saturated carbocycles. The first-order chi connectivity index (χ1) is 15.6. The molecule has 0 saturated heterocycles. The second-order valence-electron chi connectivity index (χ2n) is 7.56. The molecule has 0 spiro atoms. The Balaban J connectivity index is 1.51. The van der Waals surface area contributed by atoms with Gasteiger partial charge in [-0.05, 0) is 30.7 Å².